The summed E-state index contributed by atoms with van der Waals surface area (Å²) in [4.78, 5) is 26.5. The molecule has 9 heteroatoms. The van der Waals surface area contributed by atoms with E-state index in [4.69, 9.17) is 4.74 Å². The Labute approximate surface area is 181 Å². The molecule has 1 fully saturated rings. The number of rotatable bonds is 7. The van der Waals surface area contributed by atoms with Gasteiger partial charge in [-0.1, -0.05) is 12.1 Å². The fourth-order valence-electron chi connectivity index (χ4n) is 3.64. The number of Topliss-reactive ketones (excluding diaryl/α,β-unsaturated/α-hetero) is 1. The van der Waals surface area contributed by atoms with Gasteiger partial charge < -0.3 is 9.64 Å². The van der Waals surface area contributed by atoms with Gasteiger partial charge in [-0.05, 0) is 56.2 Å². The van der Waals surface area contributed by atoms with Crippen LogP contribution in [-0.2, 0) is 14.8 Å². The van der Waals surface area contributed by atoms with Gasteiger partial charge in [0, 0.05) is 24.6 Å². The quantitative estimate of drug-likeness (QED) is 0.658. The molecule has 2 aromatic carbocycles. The number of ketones is 1. The van der Waals surface area contributed by atoms with Crippen molar-refractivity contribution in [3.8, 4) is 5.75 Å². The zero-order valence-corrected chi connectivity index (χ0v) is 18.2. The van der Waals surface area contributed by atoms with Crippen LogP contribution in [0.2, 0.25) is 0 Å². The van der Waals surface area contributed by atoms with Crippen molar-refractivity contribution in [3.63, 3.8) is 0 Å². The number of nitrogens with zero attached hydrogens (tertiary/aromatic N) is 1. The summed E-state index contributed by atoms with van der Waals surface area (Å²) in [5.74, 6) is -0.808. The lowest BCUT2D eigenvalue weighted by Gasteiger charge is -2.33. The summed E-state index contributed by atoms with van der Waals surface area (Å²) in [5, 5.41) is 0. The van der Waals surface area contributed by atoms with Crippen molar-refractivity contribution >= 4 is 21.7 Å². The highest BCUT2D eigenvalue weighted by Gasteiger charge is 2.32. The summed E-state index contributed by atoms with van der Waals surface area (Å²) in [6, 6.07) is 10.8. The molecule has 1 saturated heterocycles. The van der Waals surface area contributed by atoms with Crippen LogP contribution in [0, 0.1) is 11.7 Å². The predicted octanol–water partition coefficient (Wildman–Crippen LogP) is 2.62. The number of halogens is 1. The fourth-order valence-corrected chi connectivity index (χ4v) is 4.91. The Balaban J connectivity index is 1.58. The highest BCUT2D eigenvalue weighted by Crippen LogP contribution is 2.24. The number of methoxy groups -OCH3 is 1. The lowest BCUT2D eigenvalue weighted by atomic mass is 9.88. The van der Waals surface area contributed by atoms with Gasteiger partial charge in [-0.25, -0.2) is 12.8 Å². The Morgan fingerprint density at radius 2 is 1.71 bits per heavy atom. The van der Waals surface area contributed by atoms with Crippen LogP contribution in [-0.4, -0.2) is 51.2 Å². The number of piperidine rings is 1. The van der Waals surface area contributed by atoms with Gasteiger partial charge in [0.2, 0.25) is 15.9 Å². The van der Waals surface area contributed by atoms with Crippen molar-refractivity contribution in [2.45, 2.75) is 30.7 Å². The molecule has 1 N–H and O–H groups in total. The molecule has 0 saturated carbocycles. The third-order valence-corrected chi connectivity index (χ3v) is 6.95. The summed E-state index contributed by atoms with van der Waals surface area (Å²) in [6.45, 7) is 2.11. The molecule has 0 bridgehead atoms. The lowest BCUT2D eigenvalue weighted by Crippen LogP contribution is -2.49. The SMILES string of the molecule is COc1ccc(C(=O)C2CCN(C(=O)[C@H](C)NS(=O)(=O)c3ccccc3F)CC2)cc1. The molecule has 0 aliphatic carbocycles. The van der Waals surface area contributed by atoms with Crippen molar-refractivity contribution in [2.75, 3.05) is 20.2 Å². The number of likely N-dealkylation sites (tertiary alicyclic amines) is 1. The predicted molar refractivity (Wildman–Crippen MR) is 113 cm³/mol. The standard InChI is InChI=1S/C22H25FN2O5S/c1-15(24-31(28,29)20-6-4-3-5-19(20)23)22(27)25-13-11-17(12-14-25)21(26)16-7-9-18(30-2)10-8-16/h3-10,15,17,24H,11-14H2,1-2H3/t15-/m0/s1. The van der Waals surface area contributed by atoms with E-state index in [1.807, 2.05) is 0 Å². The number of nitrogens with one attached hydrogen (secondary N) is 1. The van der Waals surface area contributed by atoms with Gasteiger partial charge in [0.25, 0.3) is 0 Å². The zero-order chi connectivity index (χ0) is 22.6. The first-order valence-electron chi connectivity index (χ1n) is 9.97. The van der Waals surface area contributed by atoms with Gasteiger partial charge >= 0.3 is 0 Å². The van der Waals surface area contributed by atoms with E-state index in [1.54, 1.807) is 31.4 Å². The molecule has 1 aliphatic rings. The first-order valence-corrected chi connectivity index (χ1v) is 11.4. The molecule has 1 atom stereocenters. The van der Waals surface area contributed by atoms with Crippen LogP contribution in [0.4, 0.5) is 4.39 Å². The number of hydrogen-bond donors (Lipinski definition) is 1. The minimum atomic E-state index is -4.18. The van der Waals surface area contributed by atoms with Crippen LogP contribution in [0.25, 0.3) is 0 Å². The number of hydrogen-bond acceptors (Lipinski definition) is 5. The molecule has 1 amide bonds. The first kappa shape index (κ1) is 22.9. The van der Waals surface area contributed by atoms with Crippen LogP contribution in [0.3, 0.4) is 0 Å². The fraction of sp³-hybridized carbons (Fsp3) is 0.364. The monoisotopic (exact) mass is 448 g/mol. The smallest absolute Gasteiger partial charge is 0.244 e. The molecule has 31 heavy (non-hydrogen) atoms. The Kier molecular flexibility index (Phi) is 7.07. The topological polar surface area (TPSA) is 92.8 Å². The molecule has 7 nitrogen and oxygen atoms in total. The van der Waals surface area contributed by atoms with Crippen LogP contribution < -0.4 is 9.46 Å². The molecule has 166 valence electrons. The molecule has 3 rings (SSSR count). The second-order valence-corrected chi connectivity index (χ2v) is 9.15. The summed E-state index contributed by atoms with van der Waals surface area (Å²) >= 11 is 0. The van der Waals surface area contributed by atoms with Gasteiger partial charge in [-0.3, -0.25) is 9.59 Å². The highest BCUT2D eigenvalue weighted by atomic mass is 32.2. The van der Waals surface area contributed by atoms with Crippen molar-refractivity contribution in [2.24, 2.45) is 5.92 Å². The first-order chi connectivity index (χ1) is 14.7. The third kappa shape index (κ3) is 5.29. The minimum Gasteiger partial charge on any atom is -0.497 e. The number of sulfonamides is 1. The molecule has 2 aromatic rings. The Hall–Kier alpha value is -2.78. The molecular weight excluding hydrogens is 423 g/mol. The van der Waals surface area contributed by atoms with Crippen molar-refractivity contribution in [1.82, 2.24) is 9.62 Å². The van der Waals surface area contributed by atoms with E-state index in [1.165, 1.54) is 24.0 Å². The van der Waals surface area contributed by atoms with Crippen molar-refractivity contribution in [1.29, 1.82) is 0 Å². The Morgan fingerprint density at radius 1 is 1.10 bits per heavy atom. The van der Waals surface area contributed by atoms with E-state index in [9.17, 15) is 22.4 Å². The number of ether oxygens (including phenoxy) is 1. The maximum absolute atomic E-state index is 13.8. The summed E-state index contributed by atoms with van der Waals surface area (Å²) in [6.07, 6.45) is 0.979. The van der Waals surface area contributed by atoms with Gasteiger partial charge in [0.1, 0.15) is 16.5 Å². The molecule has 0 radical (unpaired) electrons. The van der Waals surface area contributed by atoms with Crippen LogP contribution >= 0.6 is 0 Å². The number of carbonyl (C=O) groups excluding carboxylic acids is 2. The second-order valence-electron chi connectivity index (χ2n) is 7.47. The third-order valence-electron chi connectivity index (χ3n) is 5.38. The van der Waals surface area contributed by atoms with E-state index in [0.717, 1.165) is 12.1 Å². The van der Waals surface area contributed by atoms with E-state index in [2.05, 4.69) is 4.72 Å². The van der Waals surface area contributed by atoms with Gasteiger partial charge in [0.15, 0.2) is 5.78 Å². The van der Waals surface area contributed by atoms with Gasteiger partial charge in [-0.2, -0.15) is 4.72 Å². The average Bonchev–Trinajstić information content (AvgIpc) is 2.78. The van der Waals surface area contributed by atoms with Gasteiger partial charge in [-0.15, -0.1) is 0 Å². The molecule has 0 spiro atoms. The minimum absolute atomic E-state index is 0.0167. The second kappa shape index (κ2) is 9.57. The molecule has 0 aromatic heterocycles. The number of amides is 1. The van der Waals surface area contributed by atoms with E-state index in [-0.39, 0.29) is 11.7 Å². The summed E-state index contributed by atoms with van der Waals surface area (Å²) in [7, 11) is -2.62. The average molecular weight is 449 g/mol. The van der Waals surface area contributed by atoms with Crippen molar-refractivity contribution < 1.29 is 27.1 Å². The summed E-state index contributed by atoms with van der Waals surface area (Å²) in [5.41, 5.74) is 0.594. The van der Waals surface area contributed by atoms with Crippen LogP contribution in [0.5, 0.6) is 5.75 Å². The Morgan fingerprint density at radius 3 is 2.29 bits per heavy atom. The number of carbonyl (C=O) groups is 2. The van der Waals surface area contributed by atoms with E-state index in [0.29, 0.717) is 37.2 Å². The molecule has 1 aliphatic heterocycles. The molecule has 0 unspecified atom stereocenters. The maximum Gasteiger partial charge on any atom is 0.244 e. The van der Waals surface area contributed by atoms with Crippen LogP contribution in [0.15, 0.2) is 53.4 Å². The Bertz CT molecular complexity index is 1050. The van der Waals surface area contributed by atoms with Crippen molar-refractivity contribution in [3.05, 3.63) is 59.9 Å². The normalized spacial score (nSPS) is 16.0. The van der Waals surface area contributed by atoms with Gasteiger partial charge in [0.05, 0.1) is 13.2 Å². The lowest BCUT2D eigenvalue weighted by molar-refractivity contribution is -0.133. The molecule has 1 heterocycles. The largest absolute Gasteiger partial charge is 0.497 e. The number of benzene rings is 2. The van der Waals surface area contributed by atoms with E-state index >= 15 is 0 Å². The maximum atomic E-state index is 13.8. The molecular formula is C22H25FN2O5S. The zero-order valence-electron chi connectivity index (χ0n) is 17.4. The highest BCUT2D eigenvalue weighted by molar-refractivity contribution is 7.89. The van der Waals surface area contributed by atoms with E-state index < -0.39 is 32.7 Å². The van der Waals surface area contributed by atoms with Crippen LogP contribution in [0.1, 0.15) is 30.1 Å². The summed E-state index contributed by atoms with van der Waals surface area (Å²) < 4.78 is 46.0.